The van der Waals surface area contributed by atoms with Gasteiger partial charge in [0.1, 0.15) is 0 Å². The predicted octanol–water partition coefficient (Wildman–Crippen LogP) is 3.98. The summed E-state index contributed by atoms with van der Waals surface area (Å²) < 4.78 is 3.15. The normalized spacial score (nSPS) is 12.7. The van der Waals surface area contributed by atoms with E-state index in [0.717, 1.165) is 17.4 Å². The van der Waals surface area contributed by atoms with Crippen molar-refractivity contribution in [3.05, 3.63) is 51.3 Å². The van der Waals surface area contributed by atoms with Gasteiger partial charge in [0.25, 0.3) is 0 Å². The van der Waals surface area contributed by atoms with Crippen molar-refractivity contribution in [3.8, 4) is 0 Å². The molecule has 4 heteroatoms. The fraction of sp³-hybridized carbons (Fsp3) is 0.438. The molecule has 2 aromatic rings. The minimum atomic E-state index is 0.150. The first kappa shape index (κ1) is 15.3. The molecule has 2 rings (SSSR count). The third-order valence-electron chi connectivity index (χ3n) is 3.41. The zero-order valence-electron chi connectivity index (χ0n) is 12.6. The Labute approximate surface area is 129 Å². The molecule has 0 bridgehead atoms. The lowest BCUT2D eigenvalue weighted by Crippen LogP contribution is -2.22. The van der Waals surface area contributed by atoms with Gasteiger partial charge in [-0.1, -0.05) is 36.2 Å². The molecule has 108 valence electrons. The summed E-state index contributed by atoms with van der Waals surface area (Å²) in [5.41, 5.74) is 5.05. The Morgan fingerprint density at radius 3 is 2.45 bits per heavy atom. The minimum absolute atomic E-state index is 0.150. The first-order chi connectivity index (χ1) is 9.56. The summed E-state index contributed by atoms with van der Waals surface area (Å²) in [5.74, 6) is 0. The molecule has 1 aromatic carbocycles. The lowest BCUT2D eigenvalue weighted by molar-refractivity contribution is 0.533. The topological polar surface area (TPSA) is 29.9 Å². The first-order valence-corrected chi connectivity index (χ1v) is 7.82. The van der Waals surface area contributed by atoms with E-state index in [9.17, 15) is 0 Å². The van der Waals surface area contributed by atoms with Crippen LogP contribution in [0.1, 0.15) is 41.8 Å². The molecule has 1 N–H and O–H groups in total. The number of aromatic nitrogens is 2. The van der Waals surface area contributed by atoms with Gasteiger partial charge in [-0.3, -0.25) is 4.68 Å². The van der Waals surface area contributed by atoms with Gasteiger partial charge in [-0.25, -0.2) is 0 Å². The number of nitrogens with zero attached hydrogens (tertiary/aromatic N) is 2. The summed E-state index contributed by atoms with van der Waals surface area (Å²) in [7, 11) is 2.00. The van der Waals surface area contributed by atoms with Crippen LogP contribution in [-0.2, 0) is 6.54 Å². The number of nitrogens with one attached hydrogen (secondary N) is 1. The number of halogens is 1. The summed E-state index contributed by atoms with van der Waals surface area (Å²) in [6, 6.07) is 6.83. The standard InChI is InChI=1S/C16H22BrN3/c1-5-6-20-16(14(17)10-19-20)15(18-4)13-8-11(2)7-12(3)9-13/h7-10,15,18H,5-6H2,1-4H3. The molecule has 1 unspecified atom stereocenters. The van der Waals surface area contributed by atoms with Crippen LogP contribution in [0.5, 0.6) is 0 Å². The molecule has 1 aromatic heterocycles. The number of hydrogen-bond donors (Lipinski definition) is 1. The van der Waals surface area contributed by atoms with E-state index in [1.165, 1.54) is 22.4 Å². The molecule has 0 aliphatic carbocycles. The molecule has 1 heterocycles. The minimum Gasteiger partial charge on any atom is -0.308 e. The van der Waals surface area contributed by atoms with E-state index in [1.54, 1.807) is 0 Å². The first-order valence-electron chi connectivity index (χ1n) is 7.03. The van der Waals surface area contributed by atoms with Crippen molar-refractivity contribution >= 4 is 15.9 Å². The fourth-order valence-corrected chi connectivity index (χ4v) is 3.21. The second-order valence-electron chi connectivity index (χ2n) is 5.24. The van der Waals surface area contributed by atoms with E-state index in [1.807, 2.05) is 13.2 Å². The molecule has 1 atom stereocenters. The molecule has 0 amide bonds. The zero-order valence-corrected chi connectivity index (χ0v) is 14.2. The Balaban J connectivity index is 2.49. The molecule has 0 radical (unpaired) electrons. The zero-order chi connectivity index (χ0) is 14.7. The number of benzene rings is 1. The van der Waals surface area contributed by atoms with Crippen LogP contribution >= 0.6 is 15.9 Å². The molecule has 3 nitrogen and oxygen atoms in total. The highest BCUT2D eigenvalue weighted by Gasteiger charge is 2.20. The Morgan fingerprint density at radius 2 is 1.90 bits per heavy atom. The fourth-order valence-electron chi connectivity index (χ4n) is 2.69. The largest absolute Gasteiger partial charge is 0.308 e. The number of hydrogen-bond acceptors (Lipinski definition) is 2. The summed E-state index contributed by atoms with van der Waals surface area (Å²) in [6.45, 7) is 7.39. The van der Waals surface area contributed by atoms with E-state index in [0.29, 0.717) is 0 Å². The Kier molecular flexibility index (Phi) is 5.00. The van der Waals surface area contributed by atoms with Crippen molar-refractivity contribution in [1.82, 2.24) is 15.1 Å². The maximum atomic E-state index is 4.47. The number of rotatable bonds is 5. The van der Waals surface area contributed by atoms with Crippen molar-refractivity contribution in [3.63, 3.8) is 0 Å². The molecule has 0 fully saturated rings. The molecule has 20 heavy (non-hydrogen) atoms. The highest BCUT2D eigenvalue weighted by atomic mass is 79.9. The van der Waals surface area contributed by atoms with E-state index >= 15 is 0 Å². The molecular weight excluding hydrogens is 314 g/mol. The highest BCUT2D eigenvalue weighted by Crippen LogP contribution is 2.29. The average molecular weight is 336 g/mol. The lowest BCUT2D eigenvalue weighted by Gasteiger charge is -2.20. The smallest absolute Gasteiger partial charge is 0.0757 e. The molecule has 0 saturated carbocycles. The van der Waals surface area contributed by atoms with Gasteiger partial charge in [-0.2, -0.15) is 5.10 Å². The van der Waals surface area contributed by atoms with E-state index < -0.39 is 0 Å². The Morgan fingerprint density at radius 1 is 1.25 bits per heavy atom. The van der Waals surface area contributed by atoms with Gasteiger partial charge < -0.3 is 5.32 Å². The molecule has 0 aliphatic rings. The summed E-state index contributed by atoms with van der Waals surface area (Å²) in [5, 5.41) is 7.90. The van der Waals surface area contributed by atoms with Crippen molar-refractivity contribution in [2.24, 2.45) is 0 Å². The molecular formula is C16H22BrN3. The third-order valence-corrected chi connectivity index (χ3v) is 4.02. The summed E-state index contributed by atoms with van der Waals surface area (Å²) >= 11 is 3.64. The molecule has 0 spiro atoms. The predicted molar refractivity (Wildman–Crippen MR) is 87.0 cm³/mol. The van der Waals surface area contributed by atoms with Crippen LogP contribution in [0.25, 0.3) is 0 Å². The van der Waals surface area contributed by atoms with Gasteiger partial charge in [0, 0.05) is 6.54 Å². The molecule has 0 aliphatic heterocycles. The summed E-state index contributed by atoms with van der Waals surface area (Å²) in [6.07, 6.45) is 2.96. The van der Waals surface area contributed by atoms with Crippen LogP contribution in [0.15, 0.2) is 28.9 Å². The van der Waals surface area contributed by atoms with Gasteiger partial charge in [0.2, 0.25) is 0 Å². The molecule has 0 saturated heterocycles. The maximum absolute atomic E-state index is 4.47. The quantitative estimate of drug-likeness (QED) is 0.895. The van der Waals surface area contributed by atoms with Gasteiger partial charge in [0.05, 0.1) is 22.4 Å². The van der Waals surface area contributed by atoms with Crippen LogP contribution in [-0.4, -0.2) is 16.8 Å². The second-order valence-corrected chi connectivity index (χ2v) is 6.10. The summed E-state index contributed by atoms with van der Waals surface area (Å²) in [4.78, 5) is 0. The highest BCUT2D eigenvalue weighted by molar-refractivity contribution is 9.10. The average Bonchev–Trinajstić information content (AvgIpc) is 2.72. The van der Waals surface area contributed by atoms with Gasteiger partial charge in [-0.05, 0) is 48.8 Å². The van der Waals surface area contributed by atoms with E-state index in [2.05, 4.69) is 70.0 Å². The van der Waals surface area contributed by atoms with Crippen LogP contribution in [0.4, 0.5) is 0 Å². The van der Waals surface area contributed by atoms with Gasteiger partial charge in [0.15, 0.2) is 0 Å². The van der Waals surface area contributed by atoms with Crippen LogP contribution in [0.3, 0.4) is 0 Å². The van der Waals surface area contributed by atoms with Crippen molar-refractivity contribution in [2.75, 3.05) is 7.05 Å². The van der Waals surface area contributed by atoms with Crippen molar-refractivity contribution < 1.29 is 0 Å². The van der Waals surface area contributed by atoms with E-state index in [4.69, 9.17) is 0 Å². The van der Waals surface area contributed by atoms with Crippen LogP contribution < -0.4 is 5.32 Å². The Bertz CT molecular complexity index is 569. The maximum Gasteiger partial charge on any atom is 0.0757 e. The third kappa shape index (κ3) is 3.13. The van der Waals surface area contributed by atoms with Gasteiger partial charge in [-0.15, -0.1) is 0 Å². The van der Waals surface area contributed by atoms with E-state index in [-0.39, 0.29) is 6.04 Å². The SMILES string of the molecule is CCCn1ncc(Br)c1C(NC)c1cc(C)cc(C)c1. The van der Waals surface area contributed by atoms with Crippen molar-refractivity contribution in [1.29, 1.82) is 0 Å². The van der Waals surface area contributed by atoms with Crippen LogP contribution in [0, 0.1) is 13.8 Å². The Hall–Kier alpha value is -1.13. The monoisotopic (exact) mass is 335 g/mol. The second kappa shape index (κ2) is 6.55. The van der Waals surface area contributed by atoms with Gasteiger partial charge >= 0.3 is 0 Å². The lowest BCUT2D eigenvalue weighted by atomic mass is 9.99. The van der Waals surface area contributed by atoms with Crippen molar-refractivity contribution in [2.45, 2.75) is 39.8 Å². The van der Waals surface area contributed by atoms with Crippen LogP contribution in [0.2, 0.25) is 0 Å². The number of aryl methyl sites for hydroxylation is 3.